The molecule has 0 aromatic carbocycles. The van der Waals surface area contributed by atoms with E-state index < -0.39 is 0 Å². The summed E-state index contributed by atoms with van der Waals surface area (Å²) in [6.07, 6.45) is 3.90. The molecule has 4 heteroatoms. The number of nitrogen functional groups attached to an aromatic ring is 1. The third-order valence-corrected chi connectivity index (χ3v) is 1.75. The van der Waals surface area contributed by atoms with Crippen LogP contribution in [0, 0.1) is 13.8 Å². The topological polar surface area (TPSA) is 48.2 Å². The van der Waals surface area contributed by atoms with Gasteiger partial charge >= 0.3 is 0 Å². The first kappa shape index (κ1) is 6.27. The molecule has 2 heterocycles. The van der Waals surface area contributed by atoms with Crippen molar-refractivity contribution in [2.45, 2.75) is 13.8 Å². The number of hydrogen-bond donors (Lipinski definition) is 1. The number of fused-ring (bicyclic) bond motifs is 1. The predicted molar refractivity (Wildman–Crippen MR) is 42.8 cm³/mol. The fourth-order valence-electron chi connectivity index (χ4n) is 1.20. The van der Waals surface area contributed by atoms with Gasteiger partial charge in [0.15, 0.2) is 0 Å². The largest absolute Gasteiger partial charge is 0.336 e. The second-order valence-electron chi connectivity index (χ2n) is 2.73. The molecule has 0 aliphatic heterocycles. The number of hydrogen-bond acceptors (Lipinski definition) is 2. The smallest absolute Gasteiger partial charge is 0.233 e. The highest BCUT2D eigenvalue weighted by molar-refractivity contribution is 5.35. The maximum Gasteiger partial charge on any atom is 0.233 e. The highest BCUT2D eigenvalue weighted by atomic mass is 15.4. The zero-order valence-electron chi connectivity index (χ0n) is 6.57. The molecule has 11 heavy (non-hydrogen) atoms. The molecule has 2 N–H and O–H groups in total. The Balaban J connectivity index is 2.88. The summed E-state index contributed by atoms with van der Waals surface area (Å²) in [5.74, 6) is 6.48. The second-order valence-corrected chi connectivity index (χ2v) is 2.73. The third kappa shape index (κ3) is 0.721. The van der Waals surface area contributed by atoms with E-state index in [0.717, 1.165) is 17.2 Å². The van der Waals surface area contributed by atoms with Gasteiger partial charge in [0.1, 0.15) is 0 Å². The van der Waals surface area contributed by atoms with Crippen molar-refractivity contribution in [3.63, 3.8) is 0 Å². The first-order valence-electron chi connectivity index (χ1n) is 3.47. The summed E-state index contributed by atoms with van der Waals surface area (Å²) in [5, 5.41) is 0. The van der Waals surface area contributed by atoms with Crippen LogP contribution in [0.25, 0.3) is 5.78 Å². The number of nitrogens with zero attached hydrogens (tertiary/aromatic N) is 3. The number of aryl methyl sites for hydroxylation is 2. The molecule has 2 aromatic heterocycles. The minimum Gasteiger partial charge on any atom is -0.336 e. The van der Waals surface area contributed by atoms with E-state index in [4.69, 9.17) is 5.84 Å². The lowest BCUT2D eigenvalue weighted by Crippen LogP contribution is -2.09. The van der Waals surface area contributed by atoms with Crippen LogP contribution in [0.5, 0.6) is 0 Å². The molecule has 0 radical (unpaired) electrons. The van der Waals surface area contributed by atoms with Crippen molar-refractivity contribution in [1.29, 1.82) is 0 Å². The van der Waals surface area contributed by atoms with E-state index in [2.05, 4.69) is 4.98 Å². The number of imidazole rings is 2. The van der Waals surface area contributed by atoms with Gasteiger partial charge in [-0.25, -0.2) is 9.66 Å². The Hall–Kier alpha value is -1.45. The Morgan fingerprint density at radius 2 is 2.09 bits per heavy atom. The zero-order valence-corrected chi connectivity index (χ0v) is 6.57. The molecule has 0 unspecified atom stereocenters. The van der Waals surface area contributed by atoms with Crippen molar-refractivity contribution in [3.8, 4) is 0 Å². The Bertz CT molecular complexity index is 396. The molecule has 0 amide bonds. The quantitative estimate of drug-likeness (QED) is 0.555. The van der Waals surface area contributed by atoms with Crippen LogP contribution in [0.3, 0.4) is 0 Å². The first-order chi connectivity index (χ1) is 5.18. The zero-order chi connectivity index (χ0) is 8.01. The van der Waals surface area contributed by atoms with E-state index in [0.29, 0.717) is 0 Å². The third-order valence-electron chi connectivity index (χ3n) is 1.75. The van der Waals surface area contributed by atoms with Gasteiger partial charge in [0.25, 0.3) is 0 Å². The van der Waals surface area contributed by atoms with Crippen molar-refractivity contribution in [2.75, 3.05) is 5.84 Å². The fraction of sp³-hybridized carbons (Fsp3) is 0.286. The average molecular weight is 150 g/mol. The van der Waals surface area contributed by atoms with Gasteiger partial charge < -0.3 is 5.84 Å². The first-order valence-corrected chi connectivity index (χ1v) is 3.47. The van der Waals surface area contributed by atoms with E-state index in [9.17, 15) is 0 Å². The number of rotatable bonds is 0. The van der Waals surface area contributed by atoms with Gasteiger partial charge in [-0.15, -0.1) is 0 Å². The fourth-order valence-corrected chi connectivity index (χ4v) is 1.20. The average Bonchev–Trinajstić information content (AvgIpc) is 2.37. The van der Waals surface area contributed by atoms with Gasteiger partial charge in [-0.3, -0.25) is 4.40 Å². The lowest BCUT2D eigenvalue weighted by molar-refractivity contribution is 0.971. The van der Waals surface area contributed by atoms with Gasteiger partial charge in [-0.2, -0.15) is 0 Å². The Morgan fingerprint density at radius 3 is 2.73 bits per heavy atom. The van der Waals surface area contributed by atoms with Gasteiger partial charge in [-0.1, -0.05) is 0 Å². The van der Waals surface area contributed by atoms with Crippen molar-refractivity contribution in [2.24, 2.45) is 0 Å². The summed E-state index contributed by atoms with van der Waals surface area (Å²) in [6, 6.07) is 0. The van der Waals surface area contributed by atoms with Crippen LogP contribution in [0.4, 0.5) is 0 Å². The maximum absolute atomic E-state index is 5.68. The molecule has 0 aliphatic rings. The van der Waals surface area contributed by atoms with E-state index in [1.54, 1.807) is 4.68 Å². The van der Waals surface area contributed by atoms with Crippen LogP contribution < -0.4 is 5.84 Å². The van der Waals surface area contributed by atoms with Crippen LogP contribution in [-0.4, -0.2) is 14.1 Å². The monoisotopic (exact) mass is 150 g/mol. The lowest BCUT2D eigenvalue weighted by atomic mass is 10.5. The van der Waals surface area contributed by atoms with Gasteiger partial charge in [-0.05, 0) is 13.8 Å². The van der Waals surface area contributed by atoms with Gasteiger partial charge in [0.2, 0.25) is 5.78 Å². The minimum atomic E-state index is 0.792. The van der Waals surface area contributed by atoms with Crippen LogP contribution in [0.2, 0.25) is 0 Å². The molecule has 0 fully saturated rings. The van der Waals surface area contributed by atoms with E-state index in [1.807, 2.05) is 30.6 Å². The summed E-state index contributed by atoms with van der Waals surface area (Å²) in [7, 11) is 0. The highest BCUT2D eigenvalue weighted by Crippen LogP contribution is 2.06. The molecular formula is C7H10N4. The molecule has 0 saturated heterocycles. The molecule has 4 nitrogen and oxygen atoms in total. The number of aromatic nitrogens is 3. The standard InChI is InChI=1S/C7H10N4/c1-5-3-10-4-6(2)11(8)7(10)9-5/h3-4H,8H2,1-2H3. The molecule has 2 rings (SSSR count). The molecule has 2 aromatic rings. The summed E-state index contributed by atoms with van der Waals surface area (Å²) < 4.78 is 3.50. The SMILES string of the molecule is Cc1cn2cc(C)n(N)c2n1. The molecular weight excluding hydrogens is 140 g/mol. The van der Waals surface area contributed by atoms with Crippen LogP contribution in [0.1, 0.15) is 11.4 Å². The van der Waals surface area contributed by atoms with Gasteiger partial charge in [0, 0.05) is 12.4 Å². The second kappa shape index (κ2) is 1.78. The van der Waals surface area contributed by atoms with E-state index in [-0.39, 0.29) is 0 Å². The van der Waals surface area contributed by atoms with Gasteiger partial charge in [0.05, 0.1) is 11.4 Å². The van der Waals surface area contributed by atoms with Crippen molar-refractivity contribution in [3.05, 3.63) is 23.8 Å². The summed E-state index contributed by atoms with van der Waals surface area (Å²) >= 11 is 0. The van der Waals surface area contributed by atoms with Crippen molar-refractivity contribution >= 4 is 5.78 Å². The van der Waals surface area contributed by atoms with Crippen LogP contribution in [-0.2, 0) is 0 Å². The summed E-state index contributed by atoms with van der Waals surface area (Å²) in [5.41, 5.74) is 1.99. The maximum atomic E-state index is 5.68. The molecule has 58 valence electrons. The lowest BCUT2D eigenvalue weighted by Gasteiger charge is -1.92. The Labute approximate surface area is 64.2 Å². The normalized spacial score (nSPS) is 11.1. The minimum absolute atomic E-state index is 0.792. The highest BCUT2D eigenvalue weighted by Gasteiger charge is 2.03. The number of nitrogens with two attached hydrogens (primary N) is 1. The summed E-state index contributed by atoms with van der Waals surface area (Å²) in [6.45, 7) is 3.90. The van der Waals surface area contributed by atoms with E-state index in [1.165, 1.54) is 0 Å². The molecule has 0 saturated carbocycles. The molecule has 0 bridgehead atoms. The van der Waals surface area contributed by atoms with Crippen molar-refractivity contribution < 1.29 is 0 Å². The van der Waals surface area contributed by atoms with Crippen LogP contribution in [0.15, 0.2) is 12.4 Å². The van der Waals surface area contributed by atoms with Crippen molar-refractivity contribution in [1.82, 2.24) is 14.1 Å². The molecule has 0 aliphatic carbocycles. The molecule has 0 spiro atoms. The Morgan fingerprint density at radius 1 is 1.36 bits per heavy atom. The Kier molecular flexibility index (Phi) is 1.01. The molecule has 0 atom stereocenters. The van der Waals surface area contributed by atoms with E-state index >= 15 is 0 Å². The van der Waals surface area contributed by atoms with Crippen LogP contribution >= 0.6 is 0 Å². The predicted octanol–water partition coefficient (Wildman–Crippen LogP) is 0.466. The summed E-state index contributed by atoms with van der Waals surface area (Å²) in [4.78, 5) is 4.23.